The average Bonchev–Trinajstić information content (AvgIpc) is 2.35. The quantitative estimate of drug-likeness (QED) is 0.805. The third-order valence-corrected chi connectivity index (χ3v) is 3.30. The molecule has 1 aromatic rings. The molecule has 1 N–H and O–H groups in total. The summed E-state index contributed by atoms with van der Waals surface area (Å²) in [5.74, 6) is 1.50. The average molecular weight is 242 g/mol. The Labute approximate surface area is 101 Å². The number of ether oxygens (including phenoxy) is 2. The van der Waals surface area contributed by atoms with Crippen LogP contribution in [-0.2, 0) is 0 Å². The third-order valence-electron chi connectivity index (χ3n) is 2.54. The maximum absolute atomic E-state index is 9.20. The third kappa shape index (κ3) is 2.44. The molecule has 1 rings (SSSR count). The van der Waals surface area contributed by atoms with E-state index in [9.17, 15) is 5.11 Å². The summed E-state index contributed by atoms with van der Waals surface area (Å²) in [5.41, 5.74) is 0.972. The maximum atomic E-state index is 9.20. The van der Waals surface area contributed by atoms with Crippen molar-refractivity contribution in [1.82, 2.24) is 0 Å². The van der Waals surface area contributed by atoms with Crippen molar-refractivity contribution in [3.63, 3.8) is 0 Å². The van der Waals surface area contributed by atoms with Crippen LogP contribution in [0.2, 0.25) is 0 Å². The lowest BCUT2D eigenvalue weighted by Gasteiger charge is -2.18. The number of aliphatic hydroxyl groups is 1. The van der Waals surface area contributed by atoms with Gasteiger partial charge < -0.3 is 14.6 Å². The Morgan fingerprint density at radius 3 is 2.31 bits per heavy atom. The van der Waals surface area contributed by atoms with Gasteiger partial charge in [-0.25, -0.2) is 0 Å². The minimum absolute atomic E-state index is 0.0414. The number of rotatable bonds is 5. The molecule has 3 nitrogen and oxygen atoms in total. The standard InChI is InChI=1S/C12H18O3S/c1-8(7-13)9-5-6-10(16-4)12(15-3)11(9)14-2/h5-6,8,13H,7H2,1-4H3. The molecule has 0 aromatic heterocycles. The van der Waals surface area contributed by atoms with Crippen LogP contribution in [-0.4, -0.2) is 32.2 Å². The summed E-state index contributed by atoms with van der Waals surface area (Å²) in [4.78, 5) is 1.04. The first-order chi connectivity index (χ1) is 7.69. The molecule has 16 heavy (non-hydrogen) atoms. The van der Waals surface area contributed by atoms with Crippen molar-refractivity contribution in [2.24, 2.45) is 0 Å². The Balaban J connectivity index is 3.31. The first kappa shape index (κ1) is 13.2. The summed E-state index contributed by atoms with van der Waals surface area (Å²) in [6.45, 7) is 2.05. The number of methoxy groups -OCH3 is 2. The van der Waals surface area contributed by atoms with Gasteiger partial charge in [0.05, 0.1) is 19.1 Å². The fraction of sp³-hybridized carbons (Fsp3) is 0.500. The molecule has 0 spiro atoms. The van der Waals surface area contributed by atoms with Crippen molar-refractivity contribution in [3.05, 3.63) is 17.7 Å². The number of hydrogen-bond donors (Lipinski definition) is 1. The van der Waals surface area contributed by atoms with Crippen molar-refractivity contribution >= 4 is 11.8 Å². The number of benzene rings is 1. The molecule has 0 amide bonds. The second-order valence-electron chi connectivity index (χ2n) is 3.51. The Bertz CT molecular complexity index is 352. The van der Waals surface area contributed by atoms with Gasteiger partial charge in [-0.2, -0.15) is 0 Å². The zero-order valence-electron chi connectivity index (χ0n) is 10.1. The van der Waals surface area contributed by atoms with E-state index < -0.39 is 0 Å². The van der Waals surface area contributed by atoms with Crippen LogP contribution in [0, 0.1) is 0 Å². The van der Waals surface area contributed by atoms with Crippen LogP contribution in [0.25, 0.3) is 0 Å². The Hall–Kier alpha value is -0.870. The Morgan fingerprint density at radius 2 is 1.88 bits per heavy atom. The van der Waals surface area contributed by atoms with Gasteiger partial charge in [-0.3, -0.25) is 0 Å². The summed E-state index contributed by atoms with van der Waals surface area (Å²) < 4.78 is 10.7. The van der Waals surface area contributed by atoms with E-state index in [2.05, 4.69) is 0 Å². The van der Waals surface area contributed by atoms with Crippen LogP contribution in [0.3, 0.4) is 0 Å². The molecule has 0 fully saturated rings. The molecule has 0 saturated heterocycles. The molecule has 1 unspecified atom stereocenters. The predicted octanol–water partition coefficient (Wildman–Crippen LogP) is 2.52. The Kier molecular flexibility index (Phi) is 4.96. The van der Waals surface area contributed by atoms with Gasteiger partial charge in [0.15, 0.2) is 11.5 Å². The van der Waals surface area contributed by atoms with E-state index in [1.165, 1.54) is 0 Å². The number of thioether (sulfide) groups is 1. The van der Waals surface area contributed by atoms with Crippen LogP contribution in [0.15, 0.2) is 17.0 Å². The van der Waals surface area contributed by atoms with Crippen LogP contribution in [0.4, 0.5) is 0 Å². The van der Waals surface area contributed by atoms with Gasteiger partial charge in [-0.05, 0) is 12.3 Å². The lowest BCUT2D eigenvalue weighted by atomic mass is 10.0. The highest BCUT2D eigenvalue weighted by Gasteiger charge is 2.18. The lowest BCUT2D eigenvalue weighted by Crippen LogP contribution is -2.04. The summed E-state index contributed by atoms with van der Waals surface area (Å²) in [6, 6.07) is 3.97. The molecule has 1 aromatic carbocycles. The van der Waals surface area contributed by atoms with Gasteiger partial charge in [0.25, 0.3) is 0 Å². The smallest absolute Gasteiger partial charge is 0.174 e. The predicted molar refractivity (Wildman–Crippen MR) is 66.8 cm³/mol. The van der Waals surface area contributed by atoms with Crippen molar-refractivity contribution in [2.45, 2.75) is 17.7 Å². The van der Waals surface area contributed by atoms with Gasteiger partial charge >= 0.3 is 0 Å². The topological polar surface area (TPSA) is 38.7 Å². The summed E-state index contributed by atoms with van der Waals surface area (Å²) >= 11 is 1.61. The first-order valence-electron chi connectivity index (χ1n) is 5.09. The molecule has 0 heterocycles. The Morgan fingerprint density at radius 1 is 1.25 bits per heavy atom. The number of hydrogen-bond acceptors (Lipinski definition) is 4. The molecule has 0 aliphatic carbocycles. The molecule has 0 aliphatic rings. The molecular weight excluding hydrogens is 224 g/mol. The molecule has 0 saturated carbocycles. The van der Waals surface area contributed by atoms with Crippen molar-refractivity contribution in [2.75, 3.05) is 27.1 Å². The second kappa shape index (κ2) is 6.01. The zero-order valence-corrected chi connectivity index (χ0v) is 10.9. The van der Waals surface area contributed by atoms with E-state index in [4.69, 9.17) is 9.47 Å². The fourth-order valence-electron chi connectivity index (χ4n) is 1.61. The highest BCUT2D eigenvalue weighted by atomic mass is 32.2. The zero-order chi connectivity index (χ0) is 12.1. The minimum atomic E-state index is 0.0414. The largest absolute Gasteiger partial charge is 0.493 e. The minimum Gasteiger partial charge on any atom is -0.493 e. The lowest BCUT2D eigenvalue weighted by molar-refractivity contribution is 0.267. The monoisotopic (exact) mass is 242 g/mol. The van der Waals surface area contributed by atoms with Gasteiger partial charge in [0.1, 0.15) is 0 Å². The highest BCUT2D eigenvalue weighted by Crippen LogP contribution is 2.41. The molecule has 4 heteroatoms. The summed E-state index contributed by atoms with van der Waals surface area (Å²) in [6.07, 6.45) is 1.99. The van der Waals surface area contributed by atoms with E-state index >= 15 is 0 Å². The molecule has 90 valence electrons. The van der Waals surface area contributed by atoms with Gasteiger partial charge in [-0.15, -0.1) is 11.8 Å². The highest BCUT2D eigenvalue weighted by molar-refractivity contribution is 7.98. The maximum Gasteiger partial charge on any atom is 0.174 e. The van der Waals surface area contributed by atoms with Crippen molar-refractivity contribution < 1.29 is 14.6 Å². The van der Waals surface area contributed by atoms with Crippen molar-refractivity contribution in [1.29, 1.82) is 0 Å². The molecule has 0 radical (unpaired) electrons. The van der Waals surface area contributed by atoms with E-state index in [0.29, 0.717) is 0 Å². The molecule has 0 bridgehead atoms. The van der Waals surface area contributed by atoms with Gasteiger partial charge in [0, 0.05) is 18.1 Å². The van der Waals surface area contributed by atoms with Crippen LogP contribution >= 0.6 is 11.8 Å². The van der Waals surface area contributed by atoms with Crippen molar-refractivity contribution in [3.8, 4) is 11.5 Å². The van der Waals surface area contributed by atoms with E-state index in [-0.39, 0.29) is 12.5 Å². The van der Waals surface area contributed by atoms with E-state index in [1.54, 1.807) is 26.0 Å². The van der Waals surface area contributed by atoms with Crippen LogP contribution in [0.1, 0.15) is 18.4 Å². The fourth-order valence-corrected chi connectivity index (χ4v) is 2.18. The summed E-state index contributed by atoms with van der Waals surface area (Å²) in [5, 5.41) is 9.20. The molecule has 1 atom stereocenters. The summed E-state index contributed by atoms with van der Waals surface area (Å²) in [7, 11) is 3.25. The second-order valence-corrected chi connectivity index (χ2v) is 4.36. The van der Waals surface area contributed by atoms with Crippen LogP contribution in [0.5, 0.6) is 11.5 Å². The number of aliphatic hydroxyl groups excluding tert-OH is 1. The molecule has 0 aliphatic heterocycles. The van der Waals surface area contributed by atoms with Crippen LogP contribution < -0.4 is 9.47 Å². The van der Waals surface area contributed by atoms with E-state index in [0.717, 1.165) is 22.0 Å². The van der Waals surface area contributed by atoms with E-state index in [1.807, 2.05) is 25.3 Å². The van der Waals surface area contributed by atoms with Gasteiger partial charge in [-0.1, -0.05) is 13.0 Å². The normalized spacial score (nSPS) is 12.3. The first-order valence-corrected chi connectivity index (χ1v) is 6.31. The molecular formula is C12H18O3S. The SMILES string of the molecule is COc1c(SC)ccc(C(C)CO)c1OC. The van der Waals surface area contributed by atoms with Gasteiger partial charge in [0.2, 0.25) is 0 Å².